The van der Waals surface area contributed by atoms with Crippen LogP contribution < -0.4 is 5.73 Å². The third kappa shape index (κ3) is 1.66. The standard InChI is InChI=1S/C12H16FNO/c1-8(14)12(4-5-12)10-2-3-11(13)9(6-10)7-15/h2-3,6,8,15H,4-5,7,14H2,1H3. The van der Waals surface area contributed by atoms with Gasteiger partial charge in [0.25, 0.3) is 0 Å². The van der Waals surface area contributed by atoms with Crippen molar-refractivity contribution in [3.8, 4) is 0 Å². The van der Waals surface area contributed by atoms with Gasteiger partial charge in [-0.3, -0.25) is 0 Å². The molecule has 2 nitrogen and oxygen atoms in total. The Bertz CT molecular complexity index is 372. The average molecular weight is 209 g/mol. The van der Waals surface area contributed by atoms with E-state index < -0.39 is 0 Å². The predicted molar refractivity (Wildman–Crippen MR) is 56.9 cm³/mol. The first-order valence-electron chi connectivity index (χ1n) is 5.25. The number of aliphatic hydroxyl groups excluding tert-OH is 1. The Morgan fingerprint density at radius 3 is 2.67 bits per heavy atom. The van der Waals surface area contributed by atoms with Gasteiger partial charge in [-0.1, -0.05) is 6.07 Å². The molecule has 2 rings (SSSR count). The third-order valence-corrected chi connectivity index (χ3v) is 3.45. The monoisotopic (exact) mass is 209 g/mol. The van der Waals surface area contributed by atoms with Crippen LogP contribution >= 0.6 is 0 Å². The molecule has 1 atom stereocenters. The lowest BCUT2D eigenvalue weighted by Gasteiger charge is -2.20. The number of benzene rings is 1. The van der Waals surface area contributed by atoms with E-state index in [4.69, 9.17) is 10.8 Å². The maximum absolute atomic E-state index is 13.2. The van der Waals surface area contributed by atoms with E-state index in [1.807, 2.05) is 6.92 Å². The molecule has 1 aliphatic rings. The van der Waals surface area contributed by atoms with Crippen LogP contribution in [0.1, 0.15) is 30.9 Å². The number of hydrogen-bond acceptors (Lipinski definition) is 2. The molecule has 0 bridgehead atoms. The lowest BCUT2D eigenvalue weighted by Crippen LogP contribution is -2.31. The van der Waals surface area contributed by atoms with Gasteiger partial charge in [-0.15, -0.1) is 0 Å². The third-order valence-electron chi connectivity index (χ3n) is 3.45. The lowest BCUT2D eigenvalue weighted by atomic mass is 9.88. The molecule has 82 valence electrons. The summed E-state index contributed by atoms with van der Waals surface area (Å²) in [6.45, 7) is 1.73. The van der Waals surface area contributed by atoms with Crippen molar-refractivity contribution in [3.63, 3.8) is 0 Å². The number of halogens is 1. The van der Waals surface area contributed by atoms with Crippen LogP contribution in [0.25, 0.3) is 0 Å². The number of hydrogen-bond donors (Lipinski definition) is 2. The Balaban J connectivity index is 2.38. The van der Waals surface area contributed by atoms with E-state index in [1.54, 1.807) is 12.1 Å². The number of nitrogens with two attached hydrogens (primary N) is 1. The van der Waals surface area contributed by atoms with E-state index in [0.29, 0.717) is 5.56 Å². The number of aliphatic hydroxyl groups is 1. The second kappa shape index (κ2) is 3.58. The summed E-state index contributed by atoms with van der Waals surface area (Å²) >= 11 is 0. The summed E-state index contributed by atoms with van der Waals surface area (Å²) in [7, 11) is 0. The first-order chi connectivity index (χ1) is 7.10. The minimum Gasteiger partial charge on any atom is -0.392 e. The molecule has 1 saturated carbocycles. The van der Waals surface area contributed by atoms with Crippen molar-refractivity contribution in [2.24, 2.45) is 5.73 Å². The topological polar surface area (TPSA) is 46.2 Å². The van der Waals surface area contributed by atoms with Gasteiger partial charge in [-0.2, -0.15) is 0 Å². The highest BCUT2D eigenvalue weighted by Crippen LogP contribution is 2.50. The molecule has 1 aromatic carbocycles. The van der Waals surface area contributed by atoms with Gasteiger partial charge in [-0.05, 0) is 37.5 Å². The zero-order valence-corrected chi connectivity index (χ0v) is 8.83. The largest absolute Gasteiger partial charge is 0.392 e. The molecule has 1 unspecified atom stereocenters. The van der Waals surface area contributed by atoms with Crippen molar-refractivity contribution in [1.82, 2.24) is 0 Å². The van der Waals surface area contributed by atoms with Crippen LogP contribution in [0.5, 0.6) is 0 Å². The van der Waals surface area contributed by atoms with Crippen LogP contribution in [-0.2, 0) is 12.0 Å². The minimum atomic E-state index is -0.346. The van der Waals surface area contributed by atoms with E-state index in [9.17, 15) is 4.39 Å². The molecular weight excluding hydrogens is 193 g/mol. The highest BCUT2D eigenvalue weighted by molar-refractivity contribution is 5.36. The van der Waals surface area contributed by atoms with E-state index >= 15 is 0 Å². The normalized spacial score (nSPS) is 20.0. The Labute approximate surface area is 88.9 Å². The molecule has 1 aliphatic carbocycles. The van der Waals surface area contributed by atoms with Crippen molar-refractivity contribution in [2.45, 2.75) is 37.8 Å². The minimum absolute atomic E-state index is 0.0254. The van der Waals surface area contributed by atoms with Gasteiger partial charge in [-0.25, -0.2) is 4.39 Å². The molecule has 0 spiro atoms. The molecule has 1 aromatic rings. The molecule has 0 saturated heterocycles. The Kier molecular flexibility index (Phi) is 2.52. The van der Waals surface area contributed by atoms with Crippen molar-refractivity contribution >= 4 is 0 Å². The SMILES string of the molecule is CC(N)C1(c2ccc(F)c(CO)c2)CC1. The zero-order chi connectivity index (χ0) is 11.1. The molecule has 3 N–H and O–H groups in total. The van der Waals surface area contributed by atoms with E-state index in [1.165, 1.54) is 6.07 Å². The molecule has 3 heteroatoms. The Morgan fingerprint density at radius 2 is 2.20 bits per heavy atom. The summed E-state index contributed by atoms with van der Waals surface area (Å²) in [4.78, 5) is 0. The molecule has 1 fully saturated rings. The smallest absolute Gasteiger partial charge is 0.128 e. The molecule has 15 heavy (non-hydrogen) atoms. The van der Waals surface area contributed by atoms with Crippen LogP contribution in [0.15, 0.2) is 18.2 Å². The van der Waals surface area contributed by atoms with Gasteiger partial charge in [0.05, 0.1) is 6.61 Å². The zero-order valence-electron chi connectivity index (χ0n) is 8.83. The fourth-order valence-electron chi connectivity index (χ4n) is 2.15. The fourth-order valence-corrected chi connectivity index (χ4v) is 2.15. The fraction of sp³-hybridized carbons (Fsp3) is 0.500. The molecule has 0 heterocycles. The highest BCUT2D eigenvalue weighted by atomic mass is 19.1. The maximum Gasteiger partial charge on any atom is 0.128 e. The summed E-state index contributed by atoms with van der Waals surface area (Å²) in [6, 6.07) is 5.02. The van der Waals surface area contributed by atoms with Gasteiger partial charge in [0.15, 0.2) is 0 Å². The predicted octanol–water partition coefficient (Wildman–Crippen LogP) is 1.70. The summed E-state index contributed by atoms with van der Waals surface area (Å²) in [5.41, 5.74) is 7.38. The van der Waals surface area contributed by atoms with Crippen LogP contribution in [0.3, 0.4) is 0 Å². The molecule has 0 radical (unpaired) electrons. The molecule has 0 aliphatic heterocycles. The Hall–Kier alpha value is -0.930. The average Bonchev–Trinajstić information content (AvgIpc) is 2.99. The van der Waals surface area contributed by atoms with E-state index in [-0.39, 0.29) is 23.9 Å². The summed E-state index contributed by atoms with van der Waals surface area (Å²) in [6.07, 6.45) is 2.11. The number of rotatable bonds is 3. The van der Waals surface area contributed by atoms with Gasteiger partial charge in [0.2, 0.25) is 0 Å². The van der Waals surface area contributed by atoms with Gasteiger partial charge in [0.1, 0.15) is 5.82 Å². The molecule has 0 amide bonds. The first-order valence-corrected chi connectivity index (χ1v) is 5.25. The van der Waals surface area contributed by atoms with Crippen LogP contribution in [-0.4, -0.2) is 11.1 Å². The van der Waals surface area contributed by atoms with Crippen molar-refractivity contribution in [3.05, 3.63) is 35.1 Å². The summed E-state index contributed by atoms with van der Waals surface area (Å²) < 4.78 is 13.2. The molecular formula is C12H16FNO. The van der Waals surface area contributed by atoms with Crippen LogP contribution in [0, 0.1) is 5.82 Å². The Morgan fingerprint density at radius 1 is 1.53 bits per heavy atom. The van der Waals surface area contributed by atoms with E-state index in [0.717, 1.165) is 18.4 Å². The first kappa shape index (κ1) is 10.6. The van der Waals surface area contributed by atoms with Crippen LogP contribution in [0.4, 0.5) is 4.39 Å². The summed E-state index contributed by atoms with van der Waals surface area (Å²) in [5.74, 6) is -0.346. The van der Waals surface area contributed by atoms with Crippen molar-refractivity contribution in [2.75, 3.05) is 0 Å². The summed E-state index contributed by atoms with van der Waals surface area (Å²) in [5, 5.41) is 9.00. The second-order valence-corrected chi connectivity index (χ2v) is 4.41. The van der Waals surface area contributed by atoms with Gasteiger partial charge >= 0.3 is 0 Å². The van der Waals surface area contributed by atoms with Gasteiger partial charge < -0.3 is 10.8 Å². The second-order valence-electron chi connectivity index (χ2n) is 4.41. The quantitative estimate of drug-likeness (QED) is 0.795. The van der Waals surface area contributed by atoms with Crippen molar-refractivity contribution < 1.29 is 9.50 Å². The highest BCUT2D eigenvalue weighted by Gasteiger charge is 2.47. The van der Waals surface area contributed by atoms with Gasteiger partial charge in [0, 0.05) is 17.0 Å². The lowest BCUT2D eigenvalue weighted by molar-refractivity contribution is 0.275. The maximum atomic E-state index is 13.2. The van der Waals surface area contributed by atoms with E-state index in [2.05, 4.69) is 0 Å². The van der Waals surface area contributed by atoms with Crippen molar-refractivity contribution in [1.29, 1.82) is 0 Å². The molecule has 0 aromatic heterocycles. The van der Waals surface area contributed by atoms with Crippen LogP contribution in [0.2, 0.25) is 0 Å².